The summed E-state index contributed by atoms with van der Waals surface area (Å²) in [5.74, 6) is -0.174. The summed E-state index contributed by atoms with van der Waals surface area (Å²) in [7, 11) is -3.55. The summed E-state index contributed by atoms with van der Waals surface area (Å²) < 4.78 is 27.4. The topological polar surface area (TPSA) is 95.7 Å². The minimum atomic E-state index is -3.55. The molecule has 1 aromatic carbocycles. The molecule has 27 heavy (non-hydrogen) atoms. The number of anilines is 1. The molecule has 7 nitrogen and oxygen atoms in total. The summed E-state index contributed by atoms with van der Waals surface area (Å²) in [6.07, 6.45) is 3.44. The fraction of sp³-hybridized carbons (Fsp3) is 0.632. The molecular formula is C19H30N4O3S. The maximum atomic E-state index is 12.9. The van der Waals surface area contributed by atoms with Crippen molar-refractivity contribution >= 4 is 21.6 Å². The predicted octanol–water partition coefficient (Wildman–Crippen LogP) is 1.47. The van der Waals surface area contributed by atoms with E-state index >= 15 is 0 Å². The predicted molar refractivity (Wildman–Crippen MR) is 106 cm³/mol. The van der Waals surface area contributed by atoms with Gasteiger partial charge < -0.3 is 16.0 Å². The van der Waals surface area contributed by atoms with Gasteiger partial charge >= 0.3 is 0 Å². The number of hydrogen-bond donors (Lipinski definition) is 2. The van der Waals surface area contributed by atoms with Gasteiger partial charge in [-0.3, -0.25) is 4.79 Å². The van der Waals surface area contributed by atoms with Crippen LogP contribution in [0.25, 0.3) is 0 Å². The first-order chi connectivity index (χ1) is 12.9. The van der Waals surface area contributed by atoms with Gasteiger partial charge in [0, 0.05) is 43.8 Å². The van der Waals surface area contributed by atoms with Crippen molar-refractivity contribution in [3.63, 3.8) is 0 Å². The number of nitrogens with zero attached hydrogens (tertiary/aromatic N) is 2. The van der Waals surface area contributed by atoms with Crippen LogP contribution in [0.15, 0.2) is 29.2 Å². The van der Waals surface area contributed by atoms with Crippen LogP contribution in [0.1, 0.15) is 32.6 Å². The Labute approximate surface area is 161 Å². The number of hydrogen-bond acceptors (Lipinski definition) is 5. The number of nitrogens with two attached hydrogens (primary N) is 1. The van der Waals surface area contributed by atoms with Crippen molar-refractivity contribution in [2.24, 2.45) is 11.7 Å². The highest BCUT2D eigenvalue weighted by Gasteiger charge is 2.29. The molecule has 1 aliphatic carbocycles. The first-order valence-electron chi connectivity index (χ1n) is 9.79. The zero-order valence-electron chi connectivity index (χ0n) is 15.9. The van der Waals surface area contributed by atoms with Crippen molar-refractivity contribution in [2.75, 3.05) is 38.0 Å². The van der Waals surface area contributed by atoms with Gasteiger partial charge in [0.25, 0.3) is 0 Å². The zero-order valence-corrected chi connectivity index (χ0v) is 16.7. The zero-order chi connectivity index (χ0) is 19.4. The second-order valence-corrected chi connectivity index (χ2v) is 9.42. The quantitative estimate of drug-likeness (QED) is 0.788. The molecule has 1 amide bonds. The fourth-order valence-electron chi connectivity index (χ4n) is 3.88. The average molecular weight is 395 g/mol. The molecule has 1 saturated carbocycles. The average Bonchev–Trinajstić information content (AvgIpc) is 2.68. The van der Waals surface area contributed by atoms with Crippen molar-refractivity contribution in [3.8, 4) is 0 Å². The van der Waals surface area contributed by atoms with Gasteiger partial charge in [-0.15, -0.1) is 0 Å². The van der Waals surface area contributed by atoms with E-state index < -0.39 is 10.0 Å². The lowest BCUT2D eigenvalue weighted by Crippen LogP contribution is -2.48. The second kappa shape index (κ2) is 8.68. The monoisotopic (exact) mass is 394 g/mol. The van der Waals surface area contributed by atoms with Gasteiger partial charge in [-0.05, 0) is 44.0 Å². The van der Waals surface area contributed by atoms with Crippen LogP contribution in [-0.4, -0.2) is 62.3 Å². The number of likely N-dealkylation sites (N-methyl/N-ethyl adjacent to an activating group) is 1. The first kappa shape index (κ1) is 20.3. The summed E-state index contributed by atoms with van der Waals surface area (Å²) in [6.45, 7) is 5.48. The molecule has 150 valence electrons. The molecule has 1 saturated heterocycles. The molecule has 0 radical (unpaired) electrons. The Hall–Kier alpha value is -1.48. The van der Waals surface area contributed by atoms with Crippen molar-refractivity contribution in [1.29, 1.82) is 0 Å². The van der Waals surface area contributed by atoms with Crippen LogP contribution < -0.4 is 11.1 Å². The van der Waals surface area contributed by atoms with Crippen molar-refractivity contribution < 1.29 is 13.2 Å². The lowest BCUT2D eigenvalue weighted by atomic mass is 9.85. The standard InChI is InChI=1S/C19H30N4O3S/c1-2-22-9-11-23(12-10-22)27(25,26)18-8-4-7-17(14-18)21-19(24)15-5-3-6-16(20)13-15/h4,7-8,14-16H,2-3,5-6,9-13,20H2,1H3,(H,21,24). The lowest BCUT2D eigenvalue weighted by Gasteiger charge is -2.33. The van der Waals surface area contributed by atoms with Crippen molar-refractivity contribution in [1.82, 2.24) is 9.21 Å². The second-order valence-electron chi connectivity index (χ2n) is 7.48. The summed E-state index contributed by atoms with van der Waals surface area (Å²) >= 11 is 0. The highest BCUT2D eigenvalue weighted by molar-refractivity contribution is 7.89. The fourth-order valence-corrected chi connectivity index (χ4v) is 5.35. The molecule has 3 rings (SSSR count). The van der Waals surface area contributed by atoms with E-state index in [0.717, 1.165) is 38.9 Å². The molecular weight excluding hydrogens is 364 g/mol. The number of benzene rings is 1. The van der Waals surface area contributed by atoms with Crippen LogP contribution in [0, 0.1) is 5.92 Å². The van der Waals surface area contributed by atoms with Gasteiger partial charge in [-0.2, -0.15) is 4.31 Å². The van der Waals surface area contributed by atoms with Gasteiger partial charge in [0.2, 0.25) is 15.9 Å². The van der Waals surface area contributed by atoms with Gasteiger partial charge in [-0.25, -0.2) is 8.42 Å². The summed E-state index contributed by atoms with van der Waals surface area (Å²) in [5.41, 5.74) is 6.49. The summed E-state index contributed by atoms with van der Waals surface area (Å²) in [4.78, 5) is 15.0. The van der Waals surface area contributed by atoms with Gasteiger partial charge in [0.15, 0.2) is 0 Å². The Balaban J connectivity index is 1.68. The highest BCUT2D eigenvalue weighted by Crippen LogP contribution is 2.26. The first-order valence-corrected chi connectivity index (χ1v) is 11.2. The summed E-state index contributed by atoms with van der Waals surface area (Å²) in [5, 5.41) is 2.88. The van der Waals surface area contributed by atoms with Crippen molar-refractivity contribution in [3.05, 3.63) is 24.3 Å². The third-order valence-corrected chi connectivity index (χ3v) is 7.50. The number of amides is 1. The Kier molecular flexibility index (Phi) is 6.52. The molecule has 1 heterocycles. The Morgan fingerprint density at radius 3 is 2.63 bits per heavy atom. The number of sulfonamides is 1. The molecule has 0 bridgehead atoms. The minimum absolute atomic E-state index is 0.0722. The Morgan fingerprint density at radius 2 is 1.96 bits per heavy atom. The molecule has 1 aromatic rings. The van der Waals surface area contributed by atoms with E-state index in [4.69, 9.17) is 5.73 Å². The van der Waals surface area contributed by atoms with E-state index in [2.05, 4.69) is 17.1 Å². The van der Waals surface area contributed by atoms with E-state index in [0.29, 0.717) is 25.2 Å². The normalized spacial score (nSPS) is 25.3. The van der Waals surface area contributed by atoms with Crippen LogP contribution in [0.2, 0.25) is 0 Å². The van der Waals surface area contributed by atoms with Crippen LogP contribution >= 0.6 is 0 Å². The third kappa shape index (κ3) is 4.87. The Bertz CT molecular complexity index is 760. The van der Waals surface area contributed by atoms with Crippen LogP contribution in [0.3, 0.4) is 0 Å². The molecule has 2 aliphatic rings. The molecule has 0 spiro atoms. The maximum absolute atomic E-state index is 12.9. The number of carbonyl (C=O) groups excluding carboxylic acids is 1. The van der Waals surface area contributed by atoms with Gasteiger partial charge in [0.05, 0.1) is 4.90 Å². The van der Waals surface area contributed by atoms with Crippen molar-refractivity contribution in [2.45, 2.75) is 43.5 Å². The Morgan fingerprint density at radius 1 is 1.22 bits per heavy atom. The minimum Gasteiger partial charge on any atom is -0.328 e. The van der Waals surface area contributed by atoms with Crippen LogP contribution in [-0.2, 0) is 14.8 Å². The molecule has 2 unspecified atom stereocenters. The molecule has 3 N–H and O–H groups in total. The lowest BCUT2D eigenvalue weighted by molar-refractivity contribution is -0.120. The number of piperazine rings is 1. The van der Waals surface area contributed by atoms with Gasteiger partial charge in [0.1, 0.15) is 0 Å². The van der Waals surface area contributed by atoms with Gasteiger partial charge in [-0.1, -0.05) is 19.4 Å². The van der Waals surface area contributed by atoms with E-state index in [1.165, 1.54) is 4.31 Å². The van der Waals surface area contributed by atoms with E-state index in [1.54, 1.807) is 24.3 Å². The van der Waals surface area contributed by atoms with E-state index in [1.807, 2.05) is 0 Å². The van der Waals surface area contributed by atoms with Crippen LogP contribution in [0.4, 0.5) is 5.69 Å². The number of rotatable bonds is 5. The number of carbonyl (C=O) groups is 1. The SMILES string of the molecule is CCN1CCN(S(=O)(=O)c2cccc(NC(=O)C3CCCC(N)C3)c2)CC1. The molecule has 0 aromatic heterocycles. The number of nitrogens with one attached hydrogen (secondary N) is 1. The molecule has 8 heteroatoms. The smallest absolute Gasteiger partial charge is 0.243 e. The molecule has 2 fully saturated rings. The molecule has 2 atom stereocenters. The summed E-state index contributed by atoms with van der Waals surface area (Å²) in [6, 6.07) is 6.63. The maximum Gasteiger partial charge on any atom is 0.243 e. The largest absolute Gasteiger partial charge is 0.328 e. The highest BCUT2D eigenvalue weighted by atomic mass is 32.2. The third-order valence-electron chi connectivity index (χ3n) is 5.60. The van der Waals surface area contributed by atoms with E-state index in [9.17, 15) is 13.2 Å². The van der Waals surface area contributed by atoms with Crippen LogP contribution in [0.5, 0.6) is 0 Å². The van der Waals surface area contributed by atoms with E-state index in [-0.39, 0.29) is 22.8 Å². The molecule has 1 aliphatic heterocycles.